The van der Waals surface area contributed by atoms with Crippen molar-refractivity contribution in [2.45, 2.75) is 26.7 Å². The van der Waals surface area contributed by atoms with E-state index in [0.29, 0.717) is 32.0 Å². The van der Waals surface area contributed by atoms with E-state index in [0.717, 1.165) is 34.8 Å². The molecule has 1 aromatic heterocycles. The maximum Gasteiger partial charge on any atom is 0.322 e. The quantitative estimate of drug-likeness (QED) is 0.592. The van der Waals surface area contributed by atoms with Crippen LogP contribution in [0.25, 0.3) is 11.4 Å². The van der Waals surface area contributed by atoms with Gasteiger partial charge in [-0.2, -0.15) is 0 Å². The highest BCUT2D eigenvalue weighted by molar-refractivity contribution is 5.89. The van der Waals surface area contributed by atoms with Crippen LogP contribution >= 0.6 is 0 Å². The van der Waals surface area contributed by atoms with Gasteiger partial charge in [-0.3, -0.25) is 0 Å². The molecular weight excluding hydrogens is 424 g/mol. The second-order valence-electron chi connectivity index (χ2n) is 8.42. The van der Waals surface area contributed by atoms with Crippen molar-refractivity contribution in [2.75, 3.05) is 36.4 Å². The number of nitrogens with zero attached hydrogens (tertiary/aromatic N) is 4. The Morgan fingerprint density at radius 1 is 1.00 bits per heavy atom. The number of carbonyl (C=O) groups excluding carboxylic acids is 1. The van der Waals surface area contributed by atoms with E-state index in [-0.39, 0.29) is 11.6 Å². The summed E-state index contributed by atoms with van der Waals surface area (Å²) in [6, 6.07) is 12.6. The van der Waals surface area contributed by atoms with E-state index < -0.39 is 17.7 Å². The number of urea groups is 1. The number of rotatable bonds is 4. The summed E-state index contributed by atoms with van der Waals surface area (Å²) >= 11 is 0. The number of carbonyl (C=O) groups is 1. The zero-order valence-corrected chi connectivity index (χ0v) is 19.0. The molecule has 2 amide bonds. The summed E-state index contributed by atoms with van der Waals surface area (Å²) < 4.78 is 27.0. The third-order valence-electron chi connectivity index (χ3n) is 5.76. The standard InChI is InChI=1S/C25H27F2N5O/c1-16(2)22-17(3)28-23(18-7-5-4-6-8-18)30-24(22)31-11-13-32(14-12-31)25(33)29-21-10-9-19(26)15-20(21)27/h4-10,15-16H,11-14H2,1-3H3,(H,29,33). The molecule has 0 unspecified atom stereocenters. The largest absolute Gasteiger partial charge is 0.353 e. The molecule has 1 saturated heterocycles. The first-order valence-electron chi connectivity index (χ1n) is 11.0. The molecule has 1 aliphatic heterocycles. The van der Waals surface area contributed by atoms with Crippen LogP contribution in [0.15, 0.2) is 48.5 Å². The van der Waals surface area contributed by atoms with Gasteiger partial charge in [0.15, 0.2) is 5.82 Å². The lowest BCUT2D eigenvalue weighted by Crippen LogP contribution is -2.50. The number of benzene rings is 2. The number of anilines is 2. The molecule has 0 saturated carbocycles. The molecule has 2 heterocycles. The number of hydrogen-bond donors (Lipinski definition) is 1. The number of piperazine rings is 1. The fourth-order valence-electron chi connectivity index (χ4n) is 4.11. The van der Waals surface area contributed by atoms with E-state index >= 15 is 0 Å². The lowest BCUT2D eigenvalue weighted by atomic mass is 10.0. The van der Waals surface area contributed by atoms with Gasteiger partial charge in [-0.05, 0) is 25.0 Å². The van der Waals surface area contributed by atoms with Crippen molar-refractivity contribution in [3.63, 3.8) is 0 Å². The number of aryl methyl sites for hydroxylation is 1. The zero-order chi connectivity index (χ0) is 23.5. The number of aromatic nitrogens is 2. The van der Waals surface area contributed by atoms with Gasteiger partial charge in [0.05, 0.1) is 5.69 Å². The Balaban J connectivity index is 1.52. The van der Waals surface area contributed by atoms with Crippen LogP contribution in [0.3, 0.4) is 0 Å². The maximum atomic E-state index is 13.9. The molecule has 1 N–H and O–H groups in total. The van der Waals surface area contributed by atoms with Crippen LogP contribution in [0.2, 0.25) is 0 Å². The van der Waals surface area contributed by atoms with Crippen molar-refractivity contribution in [3.05, 3.63) is 71.4 Å². The van der Waals surface area contributed by atoms with E-state index in [1.807, 2.05) is 37.3 Å². The SMILES string of the molecule is Cc1nc(-c2ccccc2)nc(N2CCN(C(=O)Nc3ccc(F)cc3F)CC2)c1C(C)C. The minimum absolute atomic E-state index is 0.0372. The fraction of sp³-hybridized carbons (Fsp3) is 0.320. The number of nitrogens with one attached hydrogen (secondary N) is 1. The van der Waals surface area contributed by atoms with Crippen LogP contribution in [-0.4, -0.2) is 47.1 Å². The molecule has 172 valence electrons. The highest BCUT2D eigenvalue weighted by atomic mass is 19.1. The van der Waals surface area contributed by atoms with Crippen LogP contribution in [-0.2, 0) is 0 Å². The first kappa shape index (κ1) is 22.6. The molecule has 1 aliphatic rings. The van der Waals surface area contributed by atoms with Gasteiger partial charge >= 0.3 is 6.03 Å². The first-order valence-corrected chi connectivity index (χ1v) is 11.0. The number of amides is 2. The summed E-state index contributed by atoms with van der Waals surface area (Å²) in [7, 11) is 0. The molecule has 33 heavy (non-hydrogen) atoms. The van der Waals surface area contributed by atoms with Gasteiger partial charge in [-0.15, -0.1) is 0 Å². The Morgan fingerprint density at radius 3 is 2.33 bits per heavy atom. The Hall–Kier alpha value is -3.55. The van der Waals surface area contributed by atoms with Crippen LogP contribution in [0, 0.1) is 18.6 Å². The van der Waals surface area contributed by atoms with Gasteiger partial charge in [0.1, 0.15) is 17.5 Å². The van der Waals surface area contributed by atoms with E-state index in [1.54, 1.807) is 4.90 Å². The topological polar surface area (TPSA) is 61.4 Å². The van der Waals surface area contributed by atoms with Gasteiger partial charge in [0.2, 0.25) is 0 Å². The second-order valence-corrected chi connectivity index (χ2v) is 8.42. The fourth-order valence-corrected chi connectivity index (χ4v) is 4.11. The molecule has 0 radical (unpaired) electrons. The third kappa shape index (κ3) is 4.94. The van der Waals surface area contributed by atoms with Crippen LogP contribution in [0.4, 0.5) is 25.1 Å². The van der Waals surface area contributed by atoms with Crippen molar-refractivity contribution >= 4 is 17.5 Å². The molecule has 8 heteroatoms. The van der Waals surface area contributed by atoms with Gasteiger partial charge in [0, 0.05) is 49.1 Å². The van der Waals surface area contributed by atoms with E-state index in [4.69, 9.17) is 9.97 Å². The smallest absolute Gasteiger partial charge is 0.322 e. The summed E-state index contributed by atoms with van der Waals surface area (Å²) in [6.07, 6.45) is 0. The lowest BCUT2D eigenvalue weighted by Gasteiger charge is -2.37. The van der Waals surface area contributed by atoms with Crippen LogP contribution < -0.4 is 10.2 Å². The molecule has 0 spiro atoms. The summed E-state index contributed by atoms with van der Waals surface area (Å²) in [6.45, 7) is 8.34. The Morgan fingerprint density at radius 2 is 1.70 bits per heavy atom. The van der Waals surface area contributed by atoms with Crippen LogP contribution in [0.5, 0.6) is 0 Å². The highest BCUT2D eigenvalue weighted by Crippen LogP contribution is 2.31. The van der Waals surface area contributed by atoms with Crippen molar-refractivity contribution in [1.82, 2.24) is 14.9 Å². The second kappa shape index (κ2) is 9.52. The molecule has 0 bridgehead atoms. The Kier molecular flexibility index (Phi) is 6.53. The lowest BCUT2D eigenvalue weighted by molar-refractivity contribution is 0.208. The van der Waals surface area contributed by atoms with Gasteiger partial charge < -0.3 is 15.1 Å². The Labute approximate surface area is 192 Å². The number of halogens is 2. The monoisotopic (exact) mass is 451 g/mol. The van der Waals surface area contributed by atoms with Crippen molar-refractivity contribution < 1.29 is 13.6 Å². The van der Waals surface area contributed by atoms with Gasteiger partial charge in [-0.1, -0.05) is 44.2 Å². The average Bonchev–Trinajstić information content (AvgIpc) is 2.80. The molecule has 1 fully saturated rings. The Bertz CT molecular complexity index is 1150. The third-order valence-corrected chi connectivity index (χ3v) is 5.76. The predicted octanol–water partition coefficient (Wildman–Crippen LogP) is 5.21. The summed E-state index contributed by atoms with van der Waals surface area (Å²) in [5, 5.41) is 2.53. The predicted molar refractivity (Wildman–Crippen MR) is 125 cm³/mol. The maximum absolute atomic E-state index is 13.9. The summed E-state index contributed by atoms with van der Waals surface area (Å²) in [4.78, 5) is 26.1. The summed E-state index contributed by atoms with van der Waals surface area (Å²) in [5.41, 5.74) is 2.96. The number of hydrogen-bond acceptors (Lipinski definition) is 4. The average molecular weight is 452 g/mol. The minimum atomic E-state index is -0.798. The molecule has 2 aromatic carbocycles. The molecule has 6 nitrogen and oxygen atoms in total. The van der Waals surface area contributed by atoms with Gasteiger partial charge in [0.25, 0.3) is 0 Å². The van der Waals surface area contributed by atoms with Crippen molar-refractivity contribution in [1.29, 1.82) is 0 Å². The normalized spacial score (nSPS) is 14.0. The highest BCUT2D eigenvalue weighted by Gasteiger charge is 2.26. The van der Waals surface area contributed by atoms with Gasteiger partial charge in [-0.25, -0.2) is 23.5 Å². The molecule has 0 aliphatic carbocycles. The van der Waals surface area contributed by atoms with E-state index in [9.17, 15) is 13.6 Å². The molecular formula is C25H27F2N5O. The minimum Gasteiger partial charge on any atom is -0.353 e. The van der Waals surface area contributed by atoms with E-state index in [2.05, 4.69) is 24.1 Å². The zero-order valence-electron chi connectivity index (χ0n) is 19.0. The van der Waals surface area contributed by atoms with Crippen molar-refractivity contribution in [2.24, 2.45) is 0 Å². The van der Waals surface area contributed by atoms with E-state index in [1.165, 1.54) is 6.07 Å². The molecule has 4 rings (SSSR count). The molecule has 0 atom stereocenters. The molecule has 3 aromatic rings. The van der Waals surface area contributed by atoms with Crippen molar-refractivity contribution in [3.8, 4) is 11.4 Å². The first-order chi connectivity index (χ1) is 15.8. The summed E-state index contributed by atoms with van der Waals surface area (Å²) in [5.74, 6) is 0.330. The van der Waals surface area contributed by atoms with Crippen LogP contribution in [0.1, 0.15) is 31.0 Å².